The van der Waals surface area contributed by atoms with Crippen LogP contribution in [-0.4, -0.2) is 5.16 Å². The van der Waals surface area contributed by atoms with Crippen LogP contribution in [0.15, 0.2) is 22.7 Å². The van der Waals surface area contributed by atoms with Gasteiger partial charge in [-0.25, -0.2) is 0 Å². The first-order chi connectivity index (χ1) is 6.27. The molecule has 0 aliphatic heterocycles. The summed E-state index contributed by atoms with van der Waals surface area (Å²) in [6, 6.07) is 5.81. The summed E-state index contributed by atoms with van der Waals surface area (Å²) in [4.78, 5) is 0. The van der Waals surface area contributed by atoms with E-state index in [-0.39, 0.29) is 0 Å². The van der Waals surface area contributed by atoms with Crippen molar-refractivity contribution in [2.75, 3.05) is 5.73 Å². The Bertz CT molecular complexity index is 393. The fourth-order valence-electron chi connectivity index (χ4n) is 1.06. The normalized spacial score (nSPS) is 9.46. The first kappa shape index (κ1) is 9.58. The number of anilines is 1. The molecule has 0 fully saturated rings. The lowest BCUT2D eigenvalue weighted by Gasteiger charge is -1.88. The average molecular weight is 178 g/mol. The van der Waals surface area contributed by atoms with Crippen molar-refractivity contribution < 1.29 is 4.52 Å². The number of nitrogens with zero attached hydrogens (tertiary/aromatic N) is 1. The van der Waals surface area contributed by atoms with E-state index in [1.54, 1.807) is 0 Å². The lowest BCUT2D eigenvalue weighted by molar-refractivity contribution is 0.460. The molecule has 1 heterocycles. The molecular weight excluding hydrogens is 164 g/mol. The molecule has 3 nitrogen and oxygen atoms in total. The summed E-state index contributed by atoms with van der Waals surface area (Å²) in [5.74, 6) is 0.458. The number of aryl methyl sites for hydroxylation is 1. The molecule has 70 valence electrons. The summed E-state index contributed by atoms with van der Waals surface area (Å²) >= 11 is 0. The van der Waals surface area contributed by atoms with E-state index in [2.05, 4.69) is 5.16 Å². The lowest BCUT2D eigenvalue weighted by Crippen LogP contribution is -1.82. The molecule has 2 rings (SSSR count). The maximum Gasteiger partial charge on any atom is 0.174 e. The molecule has 2 N–H and O–H groups in total. The molecule has 13 heavy (non-hydrogen) atoms. The van der Waals surface area contributed by atoms with Crippen LogP contribution < -0.4 is 5.73 Å². The van der Waals surface area contributed by atoms with Gasteiger partial charge in [0.1, 0.15) is 0 Å². The van der Waals surface area contributed by atoms with Crippen molar-refractivity contribution in [3.05, 3.63) is 23.8 Å². The Hall–Kier alpha value is -1.51. The molecule has 0 aliphatic rings. The number of fused-ring (bicyclic) bond motifs is 1. The Morgan fingerprint density at radius 3 is 2.69 bits per heavy atom. The third kappa shape index (κ3) is 1.80. The summed E-state index contributed by atoms with van der Waals surface area (Å²) in [5, 5.41) is 4.52. The highest BCUT2D eigenvalue weighted by molar-refractivity contribution is 5.87. The predicted octanol–water partition coefficient (Wildman–Crippen LogP) is 2.74. The molecule has 0 aliphatic carbocycles. The van der Waals surface area contributed by atoms with Gasteiger partial charge in [-0.2, -0.15) is 0 Å². The highest BCUT2D eigenvalue weighted by Gasteiger charge is 2.02. The molecule has 0 bridgehead atoms. The molecule has 0 amide bonds. The minimum atomic E-state index is 0.458. The molecule has 2 aromatic rings. The van der Waals surface area contributed by atoms with E-state index >= 15 is 0 Å². The van der Waals surface area contributed by atoms with Crippen molar-refractivity contribution in [1.29, 1.82) is 0 Å². The largest absolute Gasteiger partial charge is 0.380 e. The third-order valence-corrected chi connectivity index (χ3v) is 1.66. The molecular formula is C10H14N2O. The molecule has 0 radical (unpaired) electrons. The minimum Gasteiger partial charge on any atom is -0.380 e. The van der Waals surface area contributed by atoms with Crippen LogP contribution in [0.3, 0.4) is 0 Å². The van der Waals surface area contributed by atoms with Crippen LogP contribution in [0.1, 0.15) is 19.4 Å². The van der Waals surface area contributed by atoms with Gasteiger partial charge in [0.25, 0.3) is 0 Å². The van der Waals surface area contributed by atoms with Crippen LogP contribution in [0.2, 0.25) is 0 Å². The lowest BCUT2D eigenvalue weighted by atomic mass is 10.2. The van der Waals surface area contributed by atoms with Gasteiger partial charge in [-0.15, -0.1) is 0 Å². The molecule has 0 unspecified atom stereocenters. The molecule has 0 saturated carbocycles. The Balaban J connectivity index is 0.000000396. The second kappa shape index (κ2) is 3.94. The average Bonchev–Trinajstić information content (AvgIpc) is 2.51. The van der Waals surface area contributed by atoms with Crippen molar-refractivity contribution in [1.82, 2.24) is 5.16 Å². The summed E-state index contributed by atoms with van der Waals surface area (Å²) in [6.45, 7) is 6.00. The van der Waals surface area contributed by atoms with Crippen molar-refractivity contribution in [2.45, 2.75) is 20.8 Å². The van der Waals surface area contributed by atoms with Gasteiger partial charge in [0.15, 0.2) is 11.4 Å². The summed E-state index contributed by atoms with van der Waals surface area (Å²) in [7, 11) is 0. The van der Waals surface area contributed by atoms with E-state index in [9.17, 15) is 0 Å². The smallest absolute Gasteiger partial charge is 0.174 e. The Labute approximate surface area is 77.5 Å². The fourth-order valence-corrected chi connectivity index (χ4v) is 1.06. The number of benzene rings is 1. The third-order valence-electron chi connectivity index (χ3n) is 1.66. The number of nitrogen functional groups attached to an aromatic ring is 1. The Morgan fingerprint density at radius 1 is 1.31 bits per heavy atom. The minimum absolute atomic E-state index is 0.458. The maximum absolute atomic E-state index is 5.52. The van der Waals surface area contributed by atoms with Gasteiger partial charge in [-0.1, -0.05) is 25.1 Å². The molecule has 0 saturated heterocycles. The zero-order valence-electron chi connectivity index (χ0n) is 8.16. The van der Waals surface area contributed by atoms with Crippen LogP contribution in [0.5, 0.6) is 0 Å². The quantitative estimate of drug-likeness (QED) is 0.674. The van der Waals surface area contributed by atoms with Crippen LogP contribution >= 0.6 is 0 Å². The van der Waals surface area contributed by atoms with Crippen molar-refractivity contribution in [3.8, 4) is 0 Å². The second-order valence-electron chi connectivity index (χ2n) is 2.57. The van der Waals surface area contributed by atoms with Gasteiger partial charge in [0.2, 0.25) is 0 Å². The van der Waals surface area contributed by atoms with Crippen LogP contribution in [-0.2, 0) is 0 Å². The van der Waals surface area contributed by atoms with Crippen molar-refractivity contribution in [2.24, 2.45) is 0 Å². The zero-order chi connectivity index (χ0) is 9.84. The molecule has 3 heteroatoms. The van der Waals surface area contributed by atoms with E-state index in [4.69, 9.17) is 10.3 Å². The van der Waals surface area contributed by atoms with Crippen LogP contribution in [0, 0.1) is 6.92 Å². The van der Waals surface area contributed by atoms with Gasteiger partial charge in [0, 0.05) is 0 Å². The highest BCUT2D eigenvalue weighted by atomic mass is 16.5. The summed E-state index contributed by atoms with van der Waals surface area (Å²) in [5.41, 5.74) is 7.42. The first-order valence-electron chi connectivity index (χ1n) is 4.39. The zero-order valence-corrected chi connectivity index (χ0v) is 8.16. The van der Waals surface area contributed by atoms with Gasteiger partial charge in [-0.3, -0.25) is 0 Å². The standard InChI is InChI=1S/C8H8N2O.C2H6/c1-5-2-3-6-7(4-5)11-10-8(6)9;1-2/h2-4H,1H3,(H2,9,10);1-2H3. The monoisotopic (exact) mass is 178 g/mol. The number of rotatable bonds is 0. The first-order valence-corrected chi connectivity index (χ1v) is 4.39. The summed E-state index contributed by atoms with van der Waals surface area (Å²) in [6.07, 6.45) is 0. The molecule has 0 atom stereocenters. The summed E-state index contributed by atoms with van der Waals surface area (Å²) < 4.78 is 4.95. The van der Waals surface area contributed by atoms with Crippen molar-refractivity contribution >= 4 is 16.8 Å². The van der Waals surface area contributed by atoms with Gasteiger partial charge < -0.3 is 10.3 Å². The van der Waals surface area contributed by atoms with E-state index in [0.29, 0.717) is 5.82 Å². The van der Waals surface area contributed by atoms with Crippen molar-refractivity contribution in [3.63, 3.8) is 0 Å². The van der Waals surface area contributed by atoms with Crippen LogP contribution in [0.4, 0.5) is 5.82 Å². The van der Waals surface area contributed by atoms with Gasteiger partial charge in [-0.05, 0) is 24.6 Å². The Morgan fingerprint density at radius 2 is 2.00 bits per heavy atom. The van der Waals surface area contributed by atoms with E-state index in [0.717, 1.165) is 16.5 Å². The predicted molar refractivity (Wildman–Crippen MR) is 54.5 cm³/mol. The van der Waals surface area contributed by atoms with E-state index < -0.39 is 0 Å². The number of nitrogens with two attached hydrogens (primary N) is 1. The number of hydrogen-bond donors (Lipinski definition) is 1. The Kier molecular flexibility index (Phi) is 2.90. The number of hydrogen-bond acceptors (Lipinski definition) is 3. The maximum atomic E-state index is 5.52. The van der Waals surface area contributed by atoms with Crippen LogP contribution in [0.25, 0.3) is 11.0 Å². The highest BCUT2D eigenvalue weighted by Crippen LogP contribution is 2.20. The van der Waals surface area contributed by atoms with E-state index in [1.165, 1.54) is 0 Å². The molecule has 0 spiro atoms. The van der Waals surface area contributed by atoms with Gasteiger partial charge >= 0.3 is 0 Å². The second-order valence-corrected chi connectivity index (χ2v) is 2.57. The molecule has 1 aromatic carbocycles. The topological polar surface area (TPSA) is 52.0 Å². The number of aromatic nitrogens is 1. The fraction of sp³-hybridized carbons (Fsp3) is 0.300. The SMILES string of the molecule is CC.Cc1ccc2c(N)noc2c1. The van der Waals surface area contributed by atoms with E-state index in [1.807, 2.05) is 39.0 Å². The van der Waals surface area contributed by atoms with Gasteiger partial charge in [0.05, 0.1) is 5.39 Å². The molecule has 1 aromatic heterocycles.